The molecule has 0 unspecified atom stereocenters. The lowest BCUT2D eigenvalue weighted by molar-refractivity contribution is -0.308. The Kier molecular flexibility index (Phi) is 6.17. The molecule has 0 saturated carbocycles. The van der Waals surface area contributed by atoms with Gasteiger partial charge in [-0.25, -0.2) is 4.79 Å². The lowest BCUT2D eigenvalue weighted by Gasteiger charge is -2.21. The average molecular weight is 213 g/mol. The van der Waals surface area contributed by atoms with E-state index in [4.69, 9.17) is 0 Å². The first kappa shape index (κ1) is 13.5. The number of rotatable bonds is 6. The highest BCUT2D eigenvalue weighted by Crippen LogP contribution is 2.03. The van der Waals surface area contributed by atoms with Gasteiger partial charge in [0.25, 0.3) is 0 Å². The molecule has 0 fully saturated rings. The molecular weight excluding hydrogens is 196 g/mol. The number of carbonyl (C=O) groups excluding carboxylic acids is 2. The average Bonchev–Trinajstić information content (AvgIpc) is 2.12. The molecule has 0 aliphatic rings. The molecule has 0 aliphatic carbocycles. The molecule has 0 aromatic rings. The summed E-state index contributed by atoms with van der Waals surface area (Å²) >= 11 is 0. The molecule has 0 aromatic heterocycles. The van der Waals surface area contributed by atoms with Crippen molar-refractivity contribution in [2.75, 3.05) is 6.54 Å². The van der Waals surface area contributed by atoms with Crippen molar-refractivity contribution in [3.63, 3.8) is 0 Å². The van der Waals surface area contributed by atoms with Gasteiger partial charge in [0.05, 0.1) is 12.0 Å². The predicted octanol–water partition coefficient (Wildman–Crippen LogP) is -0.364. The van der Waals surface area contributed by atoms with Crippen LogP contribution in [0.2, 0.25) is 0 Å². The molecule has 1 atom stereocenters. The van der Waals surface area contributed by atoms with Crippen molar-refractivity contribution in [3.05, 3.63) is 12.7 Å². The quantitative estimate of drug-likeness (QED) is 0.591. The number of hydrogen-bond donors (Lipinski definition) is 2. The number of hydrogen-bond acceptors (Lipinski definition) is 3. The number of carboxylic acid groups (broad SMARTS) is 1. The van der Waals surface area contributed by atoms with E-state index in [0.29, 0.717) is 13.0 Å². The summed E-state index contributed by atoms with van der Waals surface area (Å²) in [6.07, 6.45) is 1.86. The van der Waals surface area contributed by atoms with Gasteiger partial charge < -0.3 is 20.5 Å². The van der Waals surface area contributed by atoms with E-state index in [1.807, 2.05) is 13.8 Å². The zero-order valence-electron chi connectivity index (χ0n) is 9.08. The second kappa shape index (κ2) is 6.86. The van der Waals surface area contributed by atoms with Crippen molar-refractivity contribution < 1.29 is 14.7 Å². The maximum absolute atomic E-state index is 11.1. The Morgan fingerprint density at radius 3 is 2.47 bits per heavy atom. The number of aliphatic carboxylic acids is 1. The summed E-state index contributed by atoms with van der Waals surface area (Å²) in [6, 6.07) is -1.47. The van der Waals surface area contributed by atoms with Crippen LogP contribution in [-0.4, -0.2) is 24.6 Å². The molecule has 5 heteroatoms. The summed E-state index contributed by atoms with van der Waals surface area (Å²) in [7, 11) is 0. The second-order valence-corrected chi connectivity index (χ2v) is 3.64. The van der Waals surface area contributed by atoms with Gasteiger partial charge >= 0.3 is 6.03 Å². The number of nitrogens with one attached hydrogen (secondary N) is 2. The monoisotopic (exact) mass is 213 g/mol. The van der Waals surface area contributed by atoms with Crippen LogP contribution in [0.4, 0.5) is 4.79 Å². The third-order valence-corrected chi connectivity index (χ3v) is 1.70. The minimum absolute atomic E-state index is 0.174. The highest BCUT2D eigenvalue weighted by molar-refractivity contribution is 5.81. The van der Waals surface area contributed by atoms with Crippen LogP contribution < -0.4 is 15.7 Å². The summed E-state index contributed by atoms with van der Waals surface area (Å²) < 4.78 is 0. The molecule has 86 valence electrons. The predicted molar refractivity (Wildman–Crippen MR) is 55.0 cm³/mol. The Morgan fingerprint density at radius 2 is 2.07 bits per heavy atom. The SMILES string of the molecule is C=CCNC(=O)N[C@@H](CC(C)C)C(=O)[O-]. The summed E-state index contributed by atoms with van der Waals surface area (Å²) in [6.45, 7) is 7.47. The molecule has 2 N–H and O–H groups in total. The molecule has 2 amide bonds. The number of amides is 2. The fourth-order valence-corrected chi connectivity index (χ4v) is 1.06. The lowest BCUT2D eigenvalue weighted by Crippen LogP contribution is -2.51. The van der Waals surface area contributed by atoms with Gasteiger partial charge in [-0.3, -0.25) is 0 Å². The molecule has 0 saturated heterocycles. The molecule has 0 bridgehead atoms. The molecule has 0 aromatic carbocycles. The molecular formula is C10H17N2O3-. The van der Waals surface area contributed by atoms with E-state index in [1.165, 1.54) is 6.08 Å². The molecule has 15 heavy (non-hydrogen) atoms. The van der Waals surface area contributed by atoms with Gasteiger partial charge in [-0.15, -0.1) is 6.58 Å². The maximum Gasteiger partial charge on any atom is 0.315 e. The minimum Gasteiger partial charge on any atom is -0.548 e. The van der Waals surface area contributed by atoms with Crippen molar-refractivity contribution in [2.45, 2.75) is 26.3 Å². The number of carboxylic acids is 1. The Balaban J connectivity index is 4.10. The van der Waals surface area contributed by atoms with E-state index >= 15 is 0 Å². The van der Waals surface area contributed by atoms with Gasteiger partial charge in [0.15, 0.2) is 0 Å². The fourth-order valence-electron chi connectivity index (χ4n) is 1.06. The van der Waals surface area contributed by atoms with Gasteiger partial charge in [-0.1, -0.05) is 19.9 Å². The standard InChI is InChI=1S/C10H18N2O3/c1-4-5-11-10(15)12-8(9(13)14)6-7(2)3/h4,7-8H,1,5-6H2,2-3H3,(H,13,14)(H2,11,12,15)/p-1/t8-/m0/s1. The Hall–Kier alpha value is -1.52. The van der Waals surface area contributed by atoms with E-state index in [0.717, 1.165) is 0 Å². The van der Waals surface area contributed by atoms with Crippen LogP contribution in [0.15, 0.2) is 12.7 Å². The summed E-state index contributed by atoms with van der Waals surface area (Å²) in [5.74, 6) is -1.09. The number of urea groups is 1. The molecule has 0 spiro atoms. The van der Waals surface area contributed by atoms with Gasteiger partial charge in [0.1, 0.15) is 0 Å². The first-order chi connectivity index (χ1) is 6.97. The Morgan fingerprint density at radius 1 is 1.47 bits per heavy atom. The second-order valence-electron chi connectivity index (χ2n) is 3.64. The van der Waals surface area contributed by atoms with E-state index < -0.39 is 18.0 Å². The van der Waals surface area contributed by atoms with Crippen LogP contribution in [0.3, 0.4) is 0 Å². The van der Waals surface area contributed by atoms with Crippen molar-refractivity contribution >= 4 is 12.0 Å². The van der Waals surface area contributed by atoms with Gasteiger partial charge in [0, 0.05) is 6.54 Å². The molecule has 0 heterocycles. The van der Waals surface area contributed by atoms with Crippen LogP contribution >= 0.6 is 0 Å². The normalized spacial score (nSPS) is 11.9. The van der Waals surface area contributed by atoms with Crippen LogP contribution in [0, 0.1) is 5.92 Å². The van der Waals surface area contributed by atoms with Gasteiger partial charge in [-0.2, -0.15) is 0 Å². The van der Waals surface area contributed by atoms with Crippen molar-refractivity contribution in [3.8, 4) is 0 Å². The van der Waals surface area contributed by atoms with Crippen LogP contribution in [0.25, 0.3) is 0 Å². The zero-order valence-corrected chi connectivity index (χ0v) is 9.08. The molecule has 0 aliphatic heterocycles. The third kappa shape index (κ3) is 6.54. The lowest BCUT2D eigenvalue weighted by atomic mass is 10.0. The van der Waals surface area contributed by atoms with Crippen LogP contribution in [0.1, 0.15) is 20.3 Å². The Bertz CT molecular complexity index is 239. The van der Waals surface area contributed by atoms with E-state index in [-0.39, 0.29) is 5.92 Å². The highest BCUT2D eigenvalue weighted by atomic mass is 16.4. The van der Waals surface area contributed by atoms with Crippen LogP contribution in [-0.2, 0) is 4.79 Å². The van der Waals surface area contributed by atoms with Crippen LogP contribution in [0.5, 0.6) is 0 Å². The highest BCUT2D eigenvalue weighted by Gasteiger charge is 2.14. The zero-order chi connectivity index (χ0) is 11.8. The minimum atomic E-state index is -1.27. The van der Waals surface area contributed by atoms with Gasteiger partial charge in [-0.05, 0) is 12.3 Å². The van der Waals surface area contributed by atoms with E-state index in [1.54, 1.807) is 0 Å². The summed E-state index contributed by atoms with van der Waals surface area (Å²) in [4.78, 5) is 21.8. The first-order valence-corrected chi connectivity index (χ1v) is 4.83. The fraction of sp³-hybridized carbons (Fsp3) is 0.600. The Labute approximate surface area is 89.6 Å². The largest absolute Gasteiger partial charge is 0.548 e. The number of carbonyl (C=O) groups is 2. The first-order valence-electron chi connectivity index (χ1n) is 4.83. The summed E-state index contributed by atoms with van der Waals surface area (Å²) in [5.41, 5.74) is 0. The third-order valence-electron chi connectivity index (χ3n) is 1.70. The maximum atomic E-state index is 11.1. The van der Waals surface area contributed by atoms with Crippen molar-refractivity contribution in [1.82, 2.24) is 10.6 Å². The molecule has 5 nitrogen and oxygen atoms in total. The smallest absolute Gasteiger partial charge is 0.315 e. The van der Waals surface area contributed by atoms with Gasteiger partial charge in [0.2, 0.25) is 0 Å². The van der Waals surface area contributed by atoms with E-state index in [9.17, 15) is 14.7 Å². The van der Waals surface area contributed by atoms with Crippen molar-refractivity contribution in [2.24, 2.45) is 5.92 Å². The molecule has 0 rings (SSSR count). The van der Waals surface area contributed by atoms with Crippen molar-refractivity contribution in [1.29, 1.82) is 0 Å². The molecule has 0 radical (unpaired) electrons. The van der Waals surface area contributed by atoms with E-state index in [2.05, 4.69) is 17.2 Å². The summed E-state index contributed by atoms with van der Waals surface area (Å²) in [5, 5.41) is 15.4. The topological polar surface area (TPSA) is 81.3 Å².